The molecule has 140 valence electrons. The van der Waals surface area contributed by atoms with Crippen molar-refractivity contribution in [2.75, 3.05) is 20.0 Å². The van der Waals surface area contributed by atoms with Crippen molar-refractivity contribution in [3.8, 4) is 0 Å². The lowest BCUT2D eigenvalue weighted by atomic mass is 10.2. The average molecular weight is 358 g/mol. The number of ether oxygens (including phenoxy) is 4. The summed E-state index contributed by atoms with van der Waals surface area (Å²) in [6.07, 6.45) is 0.00957. The van der Waals surface area contributed by atoms with E-state index in [-0.39, 0.29) is 18.9 Å². The van der Waals surface area contributed by atoms with E-state index in [2.05, 4.69) is 0 Å². The third-order valence-electron chi connectivity index (χ3n) is 3.64. The molecule has 0 saturated carbocycles. The Kier molecular flexibility index (Phi) is 9.43. The lowest BCUT2D eigenvalue weighted by Gasteiger charge is -2.18. The molecule has 2 rings (SSSR count). The van der Waals surface area contributed by atoms with Crippen molar-refractivity contribution >= 4 is 5.97 Å². The fourth-order valence-electron chi connectivity index (χ4n) is 2.21. The summed E-state index contributed by atoms with van der Waals surface area (Å²) in [6, 6.07) is 19.8. The number of esters is 1. The van der Waals surface area contributed by atoms with Gasteiger partial charge < -0.3 is 18.9 Å². The van der Waals surface area contributed by atoms with Gasteiger partial charge in [-0.2, -0.15) is 0 Å². The third-order valence-corrected chi connectivity index (χ3v) is 3.64. The Morgan fingerprint density at radius 3 is 1.81 bits per heavy atom. The van der Waals surface area contributed by atoms with Crippen molar-refractivity contribution in [3.63, 3.8) is 0 Å². The summed E-state index contributed by atoms with van der Waals surface area (Å²) in [5, 5.41) is 0. The van der Waals surface area contributed by atoms with E-state index in [9.17, 15) is 4.79 Å². The molecule has 2 aromatic carbocycles. The summed E-state index contributed by atoms with van der Waals surface area (Å²) in [5.74, 6) is -0.292. The number of hydrogen-bond donors (Lipinski definition) is 0. The van der Waals surface area contributed by atoms with E-state index in [0.717, 1.165) is 11.1 Å². The van der Waals surface area contributed by atoms with Gasteiger partial charge in [0.1, 0.15) is 6.10 Å². The van der Waals surface area contributed by atoms with Gasteiger partial charge in [-0.15, -0.1) is 0 Å². The van der Waals surface area contributed by atoms with Crippen LogP contribution in [0.1, 0.15) is 24.5 Å². The molecule has 5 nitrogen and oxygen atoms in total. The highest BCUT2D eigenvalue weighted by Gasteiger charge is 2.12. The van der Waals surface area contributed by atoms with Gasteiger partial charge in [-0.25, -0.2) is 0 Å². The van der Waals surface area contributed by atoms with E-state index in [4.69, 9.17) is 18.9 Å². The van der Waals surface area contributed by atoms with Crippen LogP contribution in [0.4, 0.5) is 0 Å². The number of rotatable bonds is 12. The first-order valence-corrected chi connectivity index (χ1v) is 8.78. The molecule has 0 aliphatic heterocycles. The Bertz CT molecular complexity index is 569. The van der Waals surface area contributed by atoms with Gasteiger partial charge in [0.25, 0.3) is 0 Å². The molecule has 0 aromatic heterocycles. The lowest BCUT2D eigenvalue weighted by Crippen LogP contribution is -2.27. The van der Waals surface area contributed by atoms with Gasteiger partial charge in [0.05, 0.1) is 26.4 Å². The predicted octanol–water partition coefficient (Wildman–Crippen LogP) is 3.72. The summed E-state index contributed by atoms with van der Waals surface area (Å²) in [4.78, 5) is 11.2. The fourth-order valence-corrected chi connectivity index (χ4v) is 2.21. The maximum atomic E-state index is 11.2. The molecular weight excluding hydrogens is 332 g/mol. The Hall–Kier alpha value is -2.21. The molecule has 0 spiro atoms. The largest absolute Gasteiger partial charge is 0.438 e. The molecule has 5 heteroatoms. The standard InChI is InChI=1S/C21H26O5/c1-2-21(22)26-17-25-20(15-23-13-18-9-5-3-6-10-18)16-24-14-19-11-7-4-8-12-19/h3-12,20H,2,13-17H2,1H3. The van der Waals surface area contributed by atoms with Crippen molar-refractivity contribution in [1.82, 2.24) is 0 Å². The fraction of sp³-hybridized carbons (Fsp3) is 0.381. The van der Waals surface area contributed by atoms with E-state index in [1.54, 1.807) is 6.92 Å². The van der Waals surface area contributed by atoms with Gasteiger partial charge in [-0.05, 0) is 11.1 Å². The van der Waals surface area contributed by atoms with Crippen LogP contribution < -0.4 is 0 Å². The Balaban J connectivity index is 1.74. The second-order valence-electron chi connectivity index (χ2n) is 5.78. The SMILES string of the molecule is CCC(=O)OCOC(COCc1ccccc1)COCc1ccccc1. The predicted molar refractivity (Wildman–Crippen MR) is 98.3 cm³/mol. The first-order valence-electron chi connectivity index (χ1n) is 8.78. The number of carbonyl (C=O) groups is 1. The molecule has 0 fully saturated rings. The highest BCUT2D eigenvalue weighted by molar-refractivity contribution is 5.68. The normalized spacial score (nSPS) is 10.8. The number of benzene rings is 2. The molecule has 0 bridgehead atoms. The summed E-state index contributed by atoms with van der Waals surface area (Å²) < 4.78 is 22.0. The van der Waals surface area contributed by atoms with Crippen LogP contribution in [0.25, 0.3) is 0 Å². The van der Waals surface area contributed by atoms with Crippen LogP contribution in [-0.2, 0) is 37.0 Å². The van der Waals surface area contributed by atoms with Crippen LogP contribution in [0.15, 0.2) is 60.7 Å². The van der Waals surface area contributed by atoms with Gasteiger partial charge in [0.2, 0.25) is 0 Å². The first-order chi connectivity index (χ1) is 12.8. The average Bonchev–Trinajstić information content (AvgIpc) is 2.69. The van der Waals surface area contributed by atoms with Crippen LogP contribution in [0.3, 0.4) is 0 Å². The summed E-state index contributed by atoms with van der Waals surface area (Å²) in [6.45, 7) is 3.34. The van der Waals surface area contributed by atoms with Gasteiger partial charge in [-0.3, -0.25) is 4.79 Å². The molecule has 2 aromatic rings. The lowest BCUT2D eigenvalue weighted by molar-refractivity contribution is -0.168. The Labute approximate surface area is 154 Å². The molecule has 0 aliphatic rings. The zero-order valence-electron chi connectivity index (χ0n) is 15.1. The molecule has 0 heterocycles. The Morgan fingerprint density at radius 2 is 1.35 bits per heavy atom. The summed E-state index contributed by atoms with van der Waals surface area (Å²) in [5.41, 5.74) is 2.18. The van der Waals surface area contributed by atoms with Crippen LogP contribution in [-0.4, -0.2) is 32.1 Å². The molecule has 0 saturated heterocycles. The van der Waals surface area contributed by atoms with Crippen molar-refractivity contribution in [3.05, 3.63) is 71.8 Å². The molecule has 0 amide bonds. The summed E-state index contributed by atoms with van der Waals surface area (Å²) in [7, 11) is 0. The zero-order chi connectivity index (χ0) is 18.5. The quantitative estimate of drug-likeness (QED) is 0.428. The third kappa shape index (κ3) is 8.25. The highest BCUT2D eigenvalue weighted by Crippen LogP contribution is 2.05. The van der Waals surface area contributed by atoms with Crippen molar-refractivity contribution in [2.24, 2.45) is 0 Å². The molecular formula is C21H26O5. The maximum absolute atomic E-state index is 11.2. The minimum Gasteiger partial charge on any atom is -0.438 e. The maximum Gasteiger partial charge on any atom is 0.307 e. The number of hydrogen-bond acceptors (Lipinski definition) is 5. The Morgan fingerprint density at radius 1 is 0.846 bits per heavy atom. The monoisotopic (exact) mass is 358 g/mol. The van der Waals surface area contributed by atoms with Crippen LogP contribution in [0, 0.1) is 0 Å². The molecule has 0 unspecified atom stereocenters. The van der Waals surface area contributed by atoms with Crippen LogP contribution >= 0.6 is 0 Å². The van der Waals surface area contributed by atoms with Crippen molar-refractivity contribution < 1.29 is 23.7 Å². The molecule has 0 N–H and O–H groups in total. The molecule has 0 radical (unpaired) electrons. The van der Waals surface area contributed by atoms with E-state index < -0.39 is 0 Å². The van der Waals surface area contributed by atoms with Gasteiger partial charge in [-0.1, -0.05) is 67.6 Å². The van der Waals surface area contributed by atoms with Crippen LogP contribution in [0.2, 0.25) is 0 Å². The van der Waals surface area contributed by atoms with Crippen LogP contribution in [0.5, 0.6) is 0 Å². The van der Waals surface area contributed by atoms with Gasteiger partial charge in [0, 0.05) is 6.42 Å². The van der Waals surface area contributed by atoms with E-state index in [1.807, 2.05) is 60.7 Å². The topological polar surface area (TPSA) is 54.0 Å². The second kappa shape index (κ2) is 12.2. The molecule has 26 heavy (non-hydrogen) atoms. The minimum atomic E-state index is -0.313. The van der Waals surface area contributed by atoms with E-state index in [0.29, 0.717) is 32.8 Å². The second-order valence-corrected chi connectivity index (χ2v) is 5.78. The highest BCUT2D eigenvalue weighted by atomic mass is 16.7. The van der Waals surface area contributed by atoms with Gasteiger partial charge >= 0.3 is 5.97 Å². The van der Waals surface area contributed by atoms with Crippen molar-refractivity contribution in [2.45, 2.75) is 32.7 Å². The van der Waals surface area contributed by atoms with Crippen molar-refractivity contribution in [1.29, 1.82) is 0 Å². The van der Waals surface area contributed by atoms with E-state index in [1.165, 1.54) is 0 Å². The minimum absolute atomic E-state index is 0.0965. The van der Waals surface area contributed by atoms with Gasteiger partial charge in [0.15, 0.2) is 6.79 Å². The molecule has 0 atom stereocenters. The molecule has 0 aliphatic carbocycles. The summed E-state index contributed by atoms with van der Waals surface area (Å²) >= 11 is 0. The zero-order valence-corrected chi connectivity index (χ0v) is 15.1. The first kappa shape index (κ1) is 20.1. The smallest absolute Gasteiger partial charge is 0.307 e. The number of carbonyl (C=O) groups excluding carboxylic acids is 1. The van der Waals surface area contributed by atoms with E-state index >= 15 is 0 Å².